The van der Waals surface area contributed by atoms with Gasteiger partial charge in [0.15, 0.2) is 5.25 Å². The summed E-state index contributed by atoms with van der Waals surface area (Å²) in [7, 11) is 0. The molecule has 33 heavy (non-hydrogen) atoms. The van der Waals surface area contributed by atoms with Crippen molar-refractivity contribution in [2.75, 3.05) is 24.5 Å². The Kier molecular flexibility index (Phi) is 7.21. The number of benzene rings is 1. The predicted octanol–water partition coefficient (Wildman–Crippen LogP) is 3.97. The molecule has 0 radical (unpaired) electrons. The van der Waals surface area contributed by atoms with Crippen LogP contribution in [0.4, 0.5) is 18.9 Å². The van der Waals surface area contributed by atoms with Crippen LogP contribution in [0.3, 0.4) is 0 Å². The second-order valence-corrected chi connectivity index (χ2v) is 10.0. The van der Waals surface area contributed by atoms with E-state index in [1.807, 2.05) is 0 Å². The minimum atomic E-state index is -4.55. The summed E-state index contributed by atoms with van der Waals surface area (Å²) in [6.45, 7) is 0.736. The molecule has 1 aliphatic carbocycles. The second kappa shape index (κ2) is 9.95. The highest BCUT2D eigenvalue weighted by atomic mass is 32.2. The maximum absolute atomic E-state index is 13.3. The summed E-state index contributed by atoms with van der Waals surface area (Å²) in [5, 5.41) is 1.75. The van der Waals surface area contributed by atoms with Gasteiger partial charge in [-0.05, 0) is 50.3 Å². The van der Waals surface area contributed by atoms with Crippen molar-refractivity contribution in [3.8, 4) is 0 Å². The van der Waals surface area contributed by atoms with Gasteiger partial charge in [0.25, 0.3) is 5.91 Å². The van der Waals surface area contributed by atoms with E-state index in [1.54, 1.807) is 4.90 Å². The van der Waals surface area contributed by atoms with Crippen LogP contribution in [0, 0.1) is 0 Å². The number of piperidine rings is 1. The zero-order chi connectivity index (χ0) is 23.6. The summed E-state index contributed by atoms with van der Waals surface area (Å²) in [5.41, 5.74) is -0.613. The maximum atomic E-state index is 13.3. The van der Waals surface area contributed by atoms with Crippen molar-refractivity contribution >= 4 is 35.2 Å². The van der Waals surface area contributed by atoms with Gasteiger partial charge in [-0.15, -0.1) is 11.8 Å². The van der Waals surface area contributed by atoms with Gasteiger partial charge in [-0.3, -0.25) is 14.4 Å². The molecule has 0 bridgehead atoms. The average Bonchev–Trinajstić information content (AvgIpc) is 2.80. The normalized spacial score (nSPS) is 22.2. The number of alkyl halides is 3. The number of hydrogen-bond donors (Lipinski definition) is 1. The van der Waals surface area contributed by atoms with Gasteiger partial charge in [0, 0.05) is 24.0 Å². The van der Waals surface area contributed by atoms with Crippen molar-refractivity contribution in [2.45, 2.75) is 73.7 Å². The number of likely N-dealkylation sites (tertiary alicyclic amines) is 1. The van der Waals surface area contributed by atoms with Gasteiger partial charge in [-0.25, -0.2) is 0 Å². The largest absolute Gasteiger partial charge is 0.416 e. The Morgan fingerprint density at radius 1 is 1.03 bits per heavy atom. The highest BCUT2D eigenvalue weighted by molar-refractivity contribution is 8.01. The van der Waals surface area contributed by atoms with E-state index in [2.05, 4.69) is 5.32 Å². The Hall–Kier alpha value is -2.23. The van der Waals surface area contributed by atoms with Crippen LogP contribution >= 0.6 is 11.8 Å². The summed E-state index contributed by atoms with van der Waals surface area (Å²) in [6.07, 6.45) is 3.05. The number of thioether (sulfide) groups is 1. The zero-order valence-corrected chi connectivity index (χ0v) is 19.1. The molecule has 2 aliphatic heterocycles. The summed E-state index contributed by atoms with van der Waals surface area (Å²) in [4.78, 5) is 42.2. The minimum Gasteiger partial charge on any atom is -0.352 e. The summed E-state index contributed by atoms with van der Waals surface area (Å²) in [6, 6.07) is 3.14. The summed E-state index contributed by atoms with van der Waals surface area (Å²) >= 11 is 0.850. The van der Waals surface area contributed by atoms with Crippen molar-refractivity contribution in [3.63, 3.8) is 0 Å². The molecule has 1 saturated heterocycles. The van der Waals surface area contributed by atoms with Crippen LogP contribution < -0.4 is 10.2 Å². The fourth-order valence-electron chi connectivity index (χ4n) is 4.71. The molecule has 2 fully saturated rings. The molecule has 1 unspecified atom stereocenters. The number of amides is 3. The molecule has 1 aromatic rings. The van der Waals surface area contributed by atoms with E-state index < -0.39 is 28.8 Å². The first kappa shape index (κ1) is 23.9. The molecule has 6 nitrogen and oxygen atoms in total. The lowest BCUT2D eigenvalue weighted by atomic mass is 9.95. The number of carbonyl (C=O) groups excluding carboxylic acids is 3. The van der Waals surface area contributed by atoms with E-state index in [9.17, 15) is 27.6 Å². The minimum absolute atomic E-state index is 0.0402. The van der Waals surface area contributed by atoms with Gasteiger partial charge in [-0.1, -0.05) is 19.3 Å². The Labute approximate surface area is 195 Å². The van der Waals surface area contributed by atoms with Crippen LogP contribution in [0.25, 0.3) is 0 Å². The fraction of sp³-hybridized carbons (Fsp3) is 0.609. The van der Waals surface area contributed by atoms with Gasteiger partial charge in [0.2, 0.25) is 11.8 Å². The van der Waals surface area contributed by atoms with E-state index in [0.29, 0.717) is 13.1 Å². The molecule has 3 amide bonds. The Morgan fingerprint density at radius 2 is 1.70 bits per heavy atom. The third-order valence-electron chi connectivity index (χ3n) is 6.48. The second-order valence-electron chi connectivity index (χ2n) is 8.89. The monoisotopic (exact) mass is 483 g/mol. The van der Waals surface area contributed by atoms with Crippen LogP contribution in [0.2, 0.25) is 0 Å². The third kappa shape index (κ3) is 5.47. The quantitative estimate of drug-likeness (QED) is 0.658. The van der Waals surface area contributed by atoms with E-state index in [-0.39, 0.29) is 29.1 Å². The topological polar surface area (TPSA) is 69.7 Å². The Bertz CT molecular complexity index is 912. The molecular weight excluding hydrogens is 455 g/mol. The third-order valence-corrected chi connectivity index (χ3v) is 7.70. The van der Waals surface area contributed by atoms with Crippen molar-refractivity contribution in [1.82, 2.24) is 10.2 Å². The first-order valence-corrected chi connectivity index (χ1v) is 12.4. The predicted molar refractivity (Wildman–Crippen MR) is 119 cm³/mol. The fourth-order valence-corrected chi connectivity index (χ4v) is 5.93. The Balaban J connectivity index is 1.59. The highest BCUT2D eigenvalue weighted by Gasteiger charge is 2.42. The molecule has 2 heterocycles. The lowest BCUT2D eigenvalue weighted by molar-refractivity contribution is -0.137. The highest BCUT2D eigenvalue weighted by Crippen LogP contribution is 2.43. The number of anilines is 1. The smallest absolute Gasteiger partial charge is 0.352 e. The zero-order valence-electron chi connectivity index (χ0n) is 18.3. The molecule has 0 aromatic heterocycles. The lowest BCUT2D eigenvalue weighted by Crippen LogP contribution is -2.53. The van der Waals surface area contributed by atoms with Crippen LogP contribution in [0.5, 0.6) is 0 Å². The van der Waals surface area contributed by atoms with Gasteiger partial charge in [-0.2, -0.15) is 13.2 Å². The number of nitrogens with one attached hydrogen (secondary N) is 1. The van der Waals surface area contributed by atoms with E-state index in [1.165, 1.54) is 11.0 Å². The van der Waals surface area contributed by atoms with Crippen molar-refractivity contribution in [2.24, 2.45) is 0 Å². The number of fused-ring (bicyclic) bond motifs is 1. The molecule has 4 rings (SSSR count). The molecular formula is C23H28F3N3O3S. The van der Waals surface area contributed by atoms with Crippen LogP contribution in [0.1, 0.15) is 56.9 Å². The van der Waals surface area contributed by atoms with Crippen LogP contribution in [-0.2, 0) is 20.6 Å². The molecule has 1 N–H and O–H groups in total. The number of rotatable bonds is 4. The van der Waals surface area contributed by atoms with Crippen molar-refractivity contribution < 1.29 is 27.6 Å². The standard InChI is InChI=1S/C23H28F3N3O3S/c24-23(25,26)15-9-10-17-18(13-15)33-20(21(31)28-11-5-2-6-12-28)22(32)29(17)14-19(30)27-16-7-3-1-4-8-16/h9-10,13,16,20H,1-8,11-12,14H2,(H,27,30). The van der Waals surface area contributed by atoms with Crippen molar-refractivity contribution in [1.29, 1.82) is 0 Å². The molecule has 180 valence electrons. The van der Waals surface area contributed by atoms with Gasteiger partial charge >= 0.3 is 6.18 Å². The first-order chi connectivity index (χ1) is 15.7. The maximum Gasteiger partial charge on any atom is 0.416 e. The first-order valence-electron chi connectivity index (χ1n) is 11.5. The summed E-state index contributed by atoms with van der Waals surface area (Å²) < 4.78 is 40.0. The molecule has 0 spiro atoms. The van der Waals surface area contributed by atoms with Gasteiger partial charge in [0.1, 0.15) is 6.54 Å². The molecule has 1 saturated carbocycles. The summed E-state index contributed by atoms with van der Waals surface area (Å²) in [5.74, 6) is -1.32. The van der Waals surface area contributed by atoms with Crippen molar-refractivity contribution in [3.05, 3.63) is 23.8 Å². The van der Waals surface area contributed by atoms with E-state index >= 15 is 0 Å². The Morgan fingerprint density at radius 3 is 2.36 bits per heavy atom. The number of carbonyl (C=O) groups is 3. The number of hydrogen-bond acceptors (Lipinski definition) is 4. The molecule has 3 aliphatic rings. The van der Waals surface area contributed by atoms with Crippen LogP contribution in [0.15, 0.2) is 23.1 Å². The number of halogens is 3. The van der Waals surface area contributed by atoms with Gasteiger partial charge in [0.05, 0.1) is 11.3 Å². The molecule has 10 heteroatoms. The lowest BCUT2D eigenvalue weighted by Gasteiger charge is -2.36. The van der Waals surface area contributed by atoms with Crippen LogP contribution in [-0.4, -0.2) is 53.5 Å². The van der Waals surface area contributed by atoms with E-state index in [0.717, 1.165) is 75.3 Å². The number of nitrogens with zero attached hydrogens (tertiary/aromatic N) is 2. The van der Waals surface area contributed by atoms with E-state index in [4.69, 9.17) is 0 Å². The molecule has 1 atom stereocenters. The SMILES string of the molecule is O=C(CN1C(=O)C(C(=O)N2CCCCC2)Sc2cc(C(F)(F)F)ccc21)NC1CCCCC1. The molecule has 1 aromatic carbocycles. The average molecular weight is 484 g/mol. The van der Waals surface area contributed by atoms with Gasteiger partial charge < -0.3 is 15.1 Å².